The Morgan fingerprint density at radius 1 is 1.17 bits per heavy atom. The summed E-state index contributed by atoms with van der Waals surface area (Å²) in [5.74, 6) is -3.88. The predicted octanol–water partition coefficient (Wildman–Crippen LogP) is 3.42. The van der Waals surface area contributed by atoms with E-state index in [1.807, 2.05) is 0 Å². The first-order chi connectivity index (χ1) is 5.41. The molecule has 0 nitrogen and oxygen atoms in total. The van der Waals surface area contributed by atoms with Crippen LogP contribution in [-0.2, 0) is 0 Å². The molecule has 0 amide bonds. The quantitative estimate of drug-likeness (QED) is 0.582. The van der Waals surface area contributed by atoms with E-state index in [0.717, 1.165) is 0 Å². The van der Waals surface area contributed by atoms with Crippen LogP contribution in [0.5, 0.6) is 0 Å². The summed E-state index contributed by atoms with van der Waals surface area (Å²) >= 11 is 0. The molecule has 0 fully saturated rings. The van der Waals surface area contributed by atoms with Gasteiger partial charge in [0.25, 0.3) is 12.3 Å². The summed E-state index contributed by atoms with van der Waals surface area (Å²) in [6, 6.07) is 0. The molecule has 0 aliphatic heterocycles. The Bertz CT molecular complexity index is 123. The summed E-state index contributed by atoms with van der Waals surface area (Å²) < 4.78 is 59.9. The number of hydrogen-bond acceptors (Lipinski definition) is 0. The van der Waals surface area contributed by atoms with E-state index in [2.05, 4.69) is 0 Å². The topological polar surface area (TPSA) is 0 Å². The van der Waals surface area contributed by atoms with Crippen molar-refractivity contribution < 1.29 is 22.0 Å². The zero-order chi connectivity index (χ0) is 9.78. The highest BCUT2D eigenvalue weighted by atomic mass is 19.3. The largest absolute Gasteiger partial charge is 0.284 e. The number of hydrogen-bond donors (Lipinski definition) is 0. The number of unbranched alkanes of at least 4 members (excludes halogenated alkanes) is 1. The van der Waals surface area contributed by atoms with E-state index in [1.165, 1.54) is 0 Å². The fourth-order valence-electron chi connectivity index (χ4n) is 0.735. The van der Waals surface area contributed by atoms with Crippen LogP contribution in [0.2, 0.25) is 0 Å². The van der Waals surface area contributed by atoms with Crippen molar-refractivity contribution in [2.45, 2.75) is 44.7 Å². The third-order valence-electron chi connectivity index (χ3n) is 1.49. The van der Waals surface area contributed by atoms with E-state index in [1.54, 1.807) is 6.92 Å². The van der Waals surface area contributed by atoms with Gasteiger partial charge in [0, 0.05) is 6.42 Å². The first kappa shape index (κ1) is 11.6. The molecule has 0 aromatic rings. The molecule has 0 unspecified atom stereocenters. The Morgan fingerprint density at radius 2 is 1.67 bits per heavy atom. The van der Waals surface area contributed by atoms with Crippen molar-refractivity contribution in [1.82, 2.24) is 0 Å². The average Bonchev–Trinajstić information content (AvgIpc) is 1.99. The second kappa shape index (κ2) is 4.62. The Morgan fingerprint density at radius 3 is 2.00 bits per heavy atom. The highest BCUT2D eigenvalue weighted by molar-refractivity contribution is 4.78. The lowest BCUT2D eigenvalue weighted by Gasteiger charge is -2.19. The Kier molecular flexibility index (Phi) is 4.49. The van der Waals surface area contributed by atoms with Crippen LogP contribution in [0.25, 0.3) is 0 Å². The van der Waals surface area contributed by atoms with Gasteiger partial charge in [0.05, 0.1) is 0 Å². The van der Waals surface area contributed by atoms with E-state index >= 15 is 0 Å². The molecule has 0 saturated heterocycles. The van der Waals surface area contributed by atoms with E-state index in [4.69, 9.17) is 0 Å². The molecule has 0 heterocycles. The monoisotopic (exact) mass is 190 g/mol. The number of rotatable bonds is 5. The van der Waals surface area contributed by atoms with Gasteiger partial charge in [-0.25, -0.2) is 22.0 Å². The van der Waals surface area contributed by atoms with Gasteiger partial charge in [-0.05, 0) is 6.42 Å². The van der Waals surface area contributed by atoms with Crippen LogP contribution in [0, 0.1) is 0 Å². The van der Waals surface area contributed by atoms with Crippen molar-refractivity contribution in [2.24, 2.45) is 0 Å². The molecule has 5 heteroatoms. The average molecular weight is 190 g/mol. The zero-order valence-electron chi connectivity index (χ0n) is 6.67. The lowest BCUT2D eigenvalue weighted by Crippen LogP contribution is -2.35. The van der Waals surface area contributed by atoms with Crippen LogP contribution >= 0.6 is 0 Å². The molecule has 0 N–H and O–H groups in total. The smallest absolute Gasteiger partial charge is 0.234 e. The van der Waals surface area contributed by atoms with E-state index in [-0.39, 0.29) is 6.42 Å². The molecule has 0 aromatic carbocycles. The van der Waals surface area contributed by atoms with Crippen molar-refractivity contribution in [3.8, 4) is 0 Å². The molecule has 0 spiro atoms. The lowest BCUT2D eigenvalue weighted by atomic mass is 10.1. The maximum atomic E-state index is 12.4. The van der Waals surface area contributed by atoms with Gasteiger partial charge in [0.1, 0.15) is 0 Å². The third-order valence-corrected chi connectivity index (χ3v) is 1.49. The van der Waals surface area contributed by atoms with Gasteiger partial charge in [-0.3, -0.25) is 0 Å². The minimum Gasteiger partial charge on any atom is -0.234 e. The molecule has 74 valence electrons. The highest BCUT2D eigenvalue weighted by Crippen LogP contribution is 2.31. The van der Waals surface area contributed by atoms with Gasteiger partial charge in [-0.1, -0.05) is 13.3 Å². The van der Waals surface area contributed by atoms with Crippen LogP contribution < -0.4 is 0 Å². The molecule has 0 aliphatic rings. The Hall–Kier alpha value is -0.350. The van der Waals surface area contributed by atoms with Crippen LogP contribution in [0.15, 0.2) is 0 Å². The van der Waals surface area contributed by atoms with E-state index in [0.29, 0.717) is 6.42 Å². The zero-order valence-corrected chi connectivity index (χ0v) is 6.67. The molecular formula is C7H11F5. The summed E-state index contributed by atoms with van der Waals surface area (Å²) in [5, 5.41) is 0. The van der Waals surface area contributed by atoms with Crippen molar-refractivity contribution in [3.05, 3.63) is 0 Å². The summed E-state index contributed by atoms with van der Waals surface area (Å²) in [5.41, 5.74) is 0. The highest BCUT2D eigenvalue weighted by Gasteiger charge is 2.45. The summed E-state index contributed by atoms with van der Waals surface area (Å²) in [7, 11) is 0. The first-order valence-electron chi connectivity index (χ1n) is 3.72. The second-order valence-corrected chi connectivity index (χ2v) is 2.60. The number of alkyl halides is 5. The third kappa shape index (κ3) is 3.36. The first-order valence-corrected chi connectivity index (χ1v) is 3.72. The van der Waals surface area contributed by atoms with E-state index < -0.39 is 24.9 Å². The van der Waals surface area contributed by atoms with Gasteiger partial charge in [0.2, 0.25) is 6.17 Å². The second-order valence-electron chi connectivity index (χ2n) is 2.60. The fraction of sp³-hybridized carbons (Fsp3) is 1.00. The van der Waals surface area contributed by atoms with Crippen molar-refractivity contribution >= 4 is 0 Å². The van der Waals surface area contributed by atoms with Crippen LogP contribution in [0.1, 0.15) is 26.2 Å². The fourth-order valence-corrected chi connectivity index (χ4v) is 0.735. The minimum atomic E-state index is -3.88. The molecule has 0 aliphatic carbocycles. The van der Waals surface area contributed by atoms with Crippen LogP contribution in [-0.4, -0.2) is 18.5 Å². The van der Waals surface area contributed by atoms with Gasteiger partial charge < -0.3 is 0 Å². The van der Waals surface area contributed by atoms with Crippen molar-refractivity contribution in [3.63, 3.8) is 0 Å². The van der Waals surface area contributed by atoms with Gasteiger partial charge in [-0.2, -0.15) is 0 Å². The van der Waals surface area contributed by atoms with Crippen molar-refractivity contribution in [2.75, 3.05) is 0 Å². The molecular weight excluding hydrogens is 179 g/mol. The maximum Gasteiger partial charge on any atom is 0.284 e. The van der Waals surface area contributed by atoms with Gasteiger partial charge >= 0.3 is 0 Å². The molecule has 0 bridgehead atoms. The minimum absolute atomic E-state index is 0.0557. The Labute approximate surface area is 67.8 Å². The molecule has 1 atom stereocenters. The predicted molar refractivity (Wildman–Crippen MR) is 35.4 cm³/mol. The van der Waals surface area contributed by atoms with Crippen LogP contribution in [0.4, 0.5) is 22.0 Å². The molecule has 0 rings (SSSR count). The molecule has 0 radical (unpaired) electrons. The summed E-state index contributed by atoms with van der Waals surface area (Å²) in [4.78, 5) is 0. The van der Waals surface area contributed by atoms with Gasteiger partial charge in [-0.15, -0.1) is 0 Å². The standard InChI is InChI=1S/C7H11F5/c1-2-3-4-7(11,12)5(8)6(9)10/h5-6H,2-4H2,1H3/t5-/m0/s1. The molecule has 0 saturated carbocycles. The molecule has 12 heavy (non-hydrogen) atoms. The summed E-state index contributed by atoms with van der Waals surface area (Å²) in [6.07, 6.45) is -7.25. The van der Waals surface area contributed by atoms with Crippen molar-refractivity contribution in [1.29, 1.82) is 0 Å². The Balaban J connectivity index is 3.99. The lowest BCUT2D eigenvalue weighted by molar-refractivity contribution is -0.132. The normalized spacial score (nSPS) is 15.2. The molecule has 0 aromatic heterocycles. The summed E-state index contributed by atoms with van der Waals surface area (Å²) in [6.45, 7) is 1.63. The number of halogens is 5. The SMILES string of the molecule is CCCCC(F)(F)[C@@H](F)C(F)F. The van der Waals surface area contributed by atoms with E-state index in [9.17, 15) is 22.0 Å². The maximum absolute atomic E-state index is 12.4. The van der Waals surface area contributed by atoms with Crippen LogP contribution in [0.3, 0.4) is 0 Å². The van der Waals surface area contributed by atoms with Gasteiger partial charge in [0.15, 0.2) is 0 Å².